The number of nitrogens with zero attached hydrogens (tertiary/aromatic N) is 4. The zero-order chi connectivity index (χ0) is 19.3. The van der Waals surface area contributed by atoms with Crippen LogP contribution in [-0.4, -0.2) is 41.3 Å². The molecule has 1 saturated heterocycles. The Balaban J connectivity index is 0.00000240. The molecule has 0 saturated carbocycles. The van der Waals surface area contributed by atoms with Crippen LogP contribution in [-0.2, 0) is 4.74 Å². The van der Waals surface area contributed by atoms with E-state index in [0.29, 0.717) is 31.1 Å². The smallest absolute Gasteiger partial charge is 0.233 e. The lowest BCUT2D eigenvalue weighted by molar-refractivity contribution is 0.122. The van der Waals surface area contributed by atoms with Crippen LogP contribution in [0, 0.1) is 13.8 Å². The Morgan fingerprint density at radius 2 is 1.45 bits per heavy atom. The number of halogens is 1. The number of hydrogen-bond acceptors (Lipinski definition) is 7. The van der Waals surface area contributed by atoms with E-state index < -0.39 is 0 Å². The lowest BCUT2D eigenvalue weighted by Crippen LogP contribution is -2.37. The van der Waals surface area contributed by atoms with Crippen molar-refractivity contribution in [2.24, 2.45) is 0 Å². The van der Waals surface area contributed by atoms with E-state index in [4.69, 9.17) is 4.74 Å². The van der Waals surface area contributed by atoms with Crippen LogP contribution >= 0.6 is 12.4 Å². The highest BCUT2D eigenvalue weighted by atomic mass is 35.5. The van der Waals surface area contributed by atoms with E-state index in [1.54, 1.807) is 0 Å². The number of anilines is 5. The topological polar surface area (TPSA) is 75.2 Å². The molecule has 4 rings (SSSR count). The van der Waals surface area contributed by atoms with Gasteiger partial charge < -0.3 is 20.3 Å². The summed E-state index contributed by atoms with van der Waals surface area (Å²) in [6.07, 6.45) is 0. The molecule has 2 aromatic carbocycles. The van der Waals surface area contributed by atoms with Crippen molar-refractivity contribution in [1.29, 1.82) is 0 Å². The highest BCUT2D eigenvalue weighted by Gasteiger charge is 2.17. The monoisotopic (exact) mass is 412 g/mol. The number of nitrogens with one attached hydrogen (secondary N) is 2. The van der Waals surface area contributed by atoms with Gasteiger partial charge in [-0.15, -0.1) is 12.4 Å². The number of hydrogen-bond donors (Lipinski definition) is 2. The zero-order valence-corrected chi connectivity index (χ0v) is 17.4. The molecule has 0 spiro atoms. The first-order valence-corrected chi connectivity index (χ1v) is 9.42. The largest absolute Gasteiger partial charge is 0.378 e. The summed E-state index contributed by atoms with van der Waals surface area (Å²) in [5.74, 6) is 1.66. The Morgan fingerprint density at radius 3 is 2.10 bits per heavy atom. The van der Waals surface area contributed by atoms with Gasteiger partial charge in [0.2, 0.25) is 17.8 Å². The number of rotatable bonds is 5. The summed E-state index contributed by atoms with van der Waals surface area (Å²) < 4.78 is 5.45. The predicted molar refractivity (Wildman–Crippen MR) is 119 cm³/mol. The molecule has 8 heteroatoms. The Labute approximate surface area is 177 Å². The quantitative estimate of drug-likeness (QED) is 0.649. The molecular weight excluding hydrogens is 388 g/mol. The van der Waals surface area contributed by atoms with E-state index in [0.717, 1.165) is 24.5 Å². The van der Waals surface area contributed by atoms with Crippen molar-refractivity contribution < 1.29 is 4.74 Å². The molecule has 0 aliphatic carbocycles. The average molecular weight is 413 g/mol. The minimum Gasteiger partial charge on any atom is -0.378 e. The summed E-state index contributed by atoms with van der Waals surface area (Å²) in [7, 11) is 0. The van der Waals surface area contributed by atoms with Gasteiger partial charge in [0.15, 0.2) is 0 Å². The third-order valence-electron chi connectivity index (χ3n) is 4.50. The van der Waals surface area contributed by atoms with Gasteiger partial charge in [0.05, 0.1) is 13.2 Å². The second kappa shape index (κ2) is 9.54. The van der Waals surface area contributed by atoms with Crippen molar-refractivity contribution in [1.82, 2.24) is 15.0 Å². The van der Waals surface area contributed by atoms with E-state index in [-0.39, 0.29) is 12.4 Å². The fourth-order valence-electron chi connectivity index (χ4n) is 3.00. The Bertz CT molecular complexity index is 944. The number of aryl methyl sites for hydroxylation is 2. The molecule has 1 aliphatic heterocycles. The lowest BCUT2D eigenvalue weighted by atomic mass is 10.2. The van der Waals surface area contributed by atoms with Gasteiger partial charge in [-0.25, -0.2) is 0 Å². The summed E-state index contributed by atoms with van der Waals surface area (Å²) in [6, 6.07) is 16.3. The molecule has 0 bridgehead atoms. The molecule has 1 aliphatic rings. The van der Waals surface area contributed by atoms with Crippen molar-refractivity contribution in [3.63, 3.8) is 0 Å². The molecule has 7 nitrogen and oxygen atoms in total. The maximum Gasteiger partial charge on any atom is 0.233 e. The van der Waals surface area contributed by atoms with Gasteiger partial charge >= 0.3 is 0 Å². The van der Waals surface area contributed by atoms with Crippen LogP contribution in [0.25, 0.3) is 0 Å². The molecule has 0 radical (unpaired) electrons. The van der Waals surface area contributed by atoms with Gasteiger partial charge in [0.1, 0.15) is 0 Å². The molecule has 152 valence electrons. The lowest BCUT2D eigenvalue weighted by Gasteiger charge is -2.27. The van der Waals surface area contributed by atoms with Crippen LogP contribution in [0.4, 0.5) is 29.2 Å². The molecule has 3 aromatic rings. The van der Waals surface area contributed by atoms with Gasteiger partial charge in [-0.05, 0) is 43.7 Å². The van der Waals surface area contributed by atoms with Crippen LogP contribution in [0.2, 0.25) is 0 Å². The average Bonchev–Trinajstić information content (AvgIpc) is 2.70. The van der Waals surface area contributed by atoms with Gasteiger partial charge in [0.25, 0.3) is 0 Å². The third kappa shape index (κ3) is 5.56. The van der Waals surface area contributed by atoms with Crippen LogP contribution < -0.4 is 15.5 Å². The van der Waals surface area contributed by atoms with Crippen molar-refractivity contribution in [2.75, 3.05) is 41.8 Å². The first-order valence-electron chi connectivity index (χ1n) is 9.42. The minimum absolute atomic E-state index is 0. The van der Waals surface area contributed by atoms with Crippen molar-refractivity contribution in [3.8, 4) is 0 Å². The molecule has 0 unspecified atom stereocenters. The fourth-order valence-corrected chi connectivity index (χ4v) is 3.00. The van der Waals surface area contributed by atoms with Gasteiger partial charge in [-0.2, -0.15) is 15.0 Å². The highest BCUT2D eigenvalue weighted by Crippen LogP contribution is 2.21. The number of ether oxygens (including phenoxy) is 1. The summed E-state index contributed by atoms with van der Waals surface area (Å²) in [5.41, 5.74) is 4.26. The maximum absolute atomic E-state index is 5.45. The Hall–Kier alpha value is -2.90. The van der Waals surface area contributed by atoms with Crippen molar-refractivity contribution >= 4 is 41.6 Å². The second-order valence-corrected chi connectivity index (χ2v) is 6.87. The first kappa shape index (κ1) is 20.8. The van der Waals surface area contributed by atoms with Gasteiger partial charge in [0, 0.05) is 24.5 Å². The molecule has 2 heterocycles. The SMILES string of the molecule is Cc1ccc(Nc2nc(Nc3cccc(C)c3)nc(N3CCOCC3)n2)cc1.Cl. The van der Waals surface area contributed by atoms with Crippen molar-refractivity contribution in [2.45, 2.75) is 13.8 Å². The van der Waals surface area contributed by atoms with Gasteiger partial charge in [-0.3, -0.25) is 0 Å². The van der Waals surface area contributed by atoms with E-state index >= 15 is 0 Å². The zero-order valence-electron chi connectivity index (χ0n) is 16.6. The molecule has 0 atom stereocenters. The van der Waals surface area contributed by atoms with Crippen molar-refractivity contribution in [3.05, 3.63) is 59.7 Å². The number of benzene rings is 2. The van der Waals surface area contributed by atoms with Crippen LogP contribution in [0.5, 0.6) is 0 Å². The normalized spacial score (nSPS) is 13.5. The molecule has 0 amide bonds. The Kier molecular flexibility index (Phi) is 6.85. The minimum atomic E-state index is 0. The van der Waals surface area contributed by atoms with E-state index in [2.05, 4.69) is 68.6 Å². The molecule has 1 aromatic heterocycles. The third-order valence-corrected chi connectivity index (χ3v) is 4.50. The van der Waals surface area contributed by atoms with E-state index in [1.807, 2.05) is 24.3 Å². The fraction of sp³-hybridized carbons (Fsp3) is 0.286. The second-order valence-electron chi connectivity index (χ2n) is 6.87. The molecule has 1 fully saturated rings. The standard InChI is InChI=1S/C21H24N6O.ClH/c1-15-6-8-17(9-7-15)22-19-24-20(23-18-5-3-4-16(2)14-18)26-21(25-19)27-10-12-28-13-11-27;/h3-9,14H,10-13H2,1-2H3,(H2,22,23,24,25,26);1H. The summed E-state index contributed by atoms with van der Waals surface area (Å²) >= 11 is 0. The number of morpholine rings is 1. The van der Waals surface area contributed by atoms with Crippen LogP contribution in [0.15, 0.2) is 48.5 Å². The maximum atomic E-state index is 5.45. The first-order chi connectivity index (χ1) is 13.7. The molecule has 2 N–H and O–H groups in total. The summed E-state index contributed by atoms with van der Waals surface area (Å²) in [6.45, 7) is 6.99. The number of aromatic nitrogens is 3. The molecular formula is C21H25ClN6O. The summed E-state index contributed by atoms with van der Waals surface area (Å²) in [5, 5.41) is 6.59. The highest BCUT2D eigenvalue weighted by molar-refractivity contribution is 5.85. The molecule has 29 heavy (non-hydrogen) atoms. The van der Waals surface area contributed by atoms with E-state index in [1.165, 1.54) is 11.1 Å². The van der Waals surface area contributed by atoms with Crippen LogP contribution in [0.1, 0.15) is 11.1 Å². The van der Waals surface area contributed by atoms with Gasteiger partial charge in [-0.1, -0.05) is 29.8 Å². The predicted octanol–water partition coefficient (Wildman–Crippen LogP) is 4.23. The summed E-state index contributed by atoms with van der Waals surface area (Å²) in [4.78, 5) is 16.0. The van der Waals surface area contributed by atoms with E-state index in [9.17, 15) is 0 Å². The van der Waals surface area contributed by atoms with Crippen LogP contribution in [0.3, 0.4) is 0 Å². The Morgan fingerprint density at radius 1 is 0.793 bits per heavy atom.